The van der Waals surface area contributed by atoms with Crippen LogP contribution in [0.15, 0.2) is 35.5 Å². The monoisotopic (exact) mass is 430 g/mol. The van der Waals surface area contributed by atoms with Crippen molar-refractivity contribution < 1.29 is 9.53 Å². The molecule has 0 radical (unpaired) electrons. The third-order valence-electron chi connectivity index (χ3n) is 4.56. The van der Waals surface area contributed by atoms with Crippen molar-refractivity contribution in [2.45, 2.75) is 50.4 Å². The van der Waals surface area contributed by atoms with Crippen LogP contribution in [0, 0.1) is 0 Å². The highest BCUT2D eigenvalue weighted by molar-refractivity contribution is 7.98. The number of anilines is 1. The van der Waals surface area contributed by atoms with Crippen molar-refractivity contribution in [2.75, 3.05) is 38.8 Å². The molecule has 1 aromatic carbocycles. The maximum absolute atomic E-state index is 12.3. The van der Waals surface area contributed by atoms with Gasteiger partial charge in [-0.1, -0.05) is 51.6 Å². The van der Waals surface area contributed by atoms with Crippen molar-refractivity contribution in [1.29, 1.82) is 0 Å². The van der Waals surface area contributed by atoms with Gasteiger partial charge in [-0.05, 0) is 24.1 Å². The van der Waals surface area contributed by atoms with Crippen LogP contribution >= 0.6 is 11.8 Å². The lowest BCUT2D eigenvalue weighted by atomic mass is 9.92. The summed E-state index contributed by atoms with van der Waals surface area (Å²) in [7, 11) is 3.69. The Kier molecular flexibility index (Phi) is 9.11. The zero-order valence-electron chi connectivity index (χ0n) is 19.0. The van der Waals surface area contributed by atoms with E-state index in [1.807, 2.05) is 24.3 Å². The Balaban J connectivity index is 2.15. The van der Waals surface area contributed by atoms with E-state index >= 15 is 0 Å². The first kappa shape index (κ1) is 24.2. The van der Waals surface area contributed by atoms with E-state index in [9.17, 15) is 4.79 Å². The number of carbonyl (C=O) groups is 1. The fourth-order valence-electron chi connectivity index (χ4n) is 2.83. The molecule has 0 aliphatic rings. The summed E-state index contributed by atoms with van der Waals surface area (Å²) in [6, 6.07) is 9.77. The van der Waals surface area contributed by atoms with Gasteiger partial charge in [0.15, 0.2) is 5.16 Å². The highest BCUT2D eigenvalue weighted by atomic mass is 32.2. The summed E-state index contributed by atoms with van der Waals surface area (Å²) in [5.74, 6) is 1.56. The summed E-state index contributed by atoms with van der Waals surface area (Å²) in [5, 5.41) is 3.62. The van der Waals surface area contributed by atoms with E-state index in [1.54, 1.807) is 18.9 Å². The second-order valence-corrected chi connectivity index (χ2v) is 9.25. The summed E-state index contributed by atoms with van der Waals surface area (Å²) in [5.41, 5.74) is 2.69. The Labute approximate surface area is 184 Å². The Bertz CT molecular complexity index is 836. The lowest BCUT2D eigenvalue weighted by molar-refractivity contribution is 0.0937. The normalized spacial score (nSPS) is 11.4. The van der Waals surface area contributed by atoms with Gasteiger partial charge in [0.2, 0.25) is 0 Å². The summed E-state index contributed by atoms with van der Waals surface area (Å²) < 4.78 is 4.98. The number of hydrogen-bond donors (Lipinski definition) is 1. The Hall–Kier alpha value is -2.12. The van der Waals surface area contributed by atoms with Crippen LogP contribution < -0.4 is 10.2 Å². The summed E-state index contributed by atoms with van der Waals surface area (Å²) >= 11 is 1.59. The van der Waals surface area contributed by atoms with E-state index in [1.165, 1.54) is 0 Å². The van der Waals surface area contributed by atoms with Crippen LogP contribution in [-0.2, 0) is 15.9 Å². The molecule has 0 aliphatic carbocycles. The van der Waals surface area contributed by atoms with Gasteiger partial charge in [0, 0.05) is 50.0 Å². The average Bonchev–Trinajstić information content (AvgIpc) is 2.72. The van der Waals surface area contributed by atoms with E-state index in [2.05, 4.69) is 51.0 Å². The number of hydrogen-bond acceptors (Lipinski definition) is 6. The summed E-state index contributed by atoms with van der Waals surface area (Å²) in [4.78, 5) is 24.0. The number of methoxy groups -OCH3 is 1. The second-order valence-electron chi connectivity index (χ2n) is 8.30. The molecule has 1 N–H and O–H groups in total. The van der Waals surface area contributed by atoms with Crippen molar-refractivity contribution in [2.24, 2.45) is 0 Å². The summed E-state index contributed by atoms with van der Waals surface area (Å²) in [6.07, 6.45) is 1.06. The number of nitrogens with one attached hydrogen (secondary N) is 1. The van der Waals surface area contributed by atoms with Crippen LogP contribution in [0.1, 0.15) is 55.7 Å². The van der Waals surface area contributed by atoms with E-state index < -0.39 is 0 Å². The predicted octanol–water partition coefficient (Wildman–Crippen LogP) is 4.29. The first-order valence-corrected chi connectivity index (χ1v) is 11.3. The molecule has 0 atom stereocenters. The molecule has 0 saturated heterocycles. The molecule has 1 aromatic heterocycles. The number of nitrogens with zero attached hydrogens (tertiary/aromatic N) is 3. The highest BCUT2D eigenvalue weighted by Gasteiger charge is 2.19. The number of aromatic nitrogens is 2. The predicted molar refractivity (Wildman–Crippen MR) is 125 cm³/mol. The maximum Gasteiger partial charge on any atom is 0.251 e. The molecule has 2 aromatic rings. The molecular formula is C23H34N4O2S. The summed E-state index contributed by atoms with van der Waals surface area (Å²) in [6.45, 7) is 10.6. The van der Waals surface area contributed by atoms with Gasteiger partial charge in [0.25, 0.3) is 5.91 Å². The largest absolute Gasteiger partial charge is 0.383 e. The quantitative estimate of drug-likeness (QED) is 0.345. The smallest absolute Gasteiger partial charge is 0.251 e. The number of amides is 1. The van der Waals surface area contributed by atoms with Crippen LogP contribution in [0.4, 0.5) is 5.82 Å². The molecule has 7 heteroatoms. The highest BCUT2D eigenvalue weighted by Crippen LogP contribution is 2.28. The minimum absolute atomic E-state index is 0.0553. The molecule has 0 spiro atoms. The molecule has 30 heavy (non-hydrogen) atoms. The van der Waals surface area contributed by atoms with Crippen LogP contribution in [0.2, 0.25) is 0 Å². The molecule has 6 nitrogen and oxygen atoms in total. The Morgan fingerprint density at radius 2 is 2.00 bits per heavy atom. The van der Waals surface area contributed by atoms with E-state index in [4.69, 9.17) is 14.7 Å². The lowest BCUT2D eigenvalue weighted by Crippen LogP contribution is -2.26. The van der Waals surface area contributed by atoms with Gasteiger partial charge in [-0.15, -0.1) is 0 Å². The molecule has 1 heterocycles. The molecular weight excluding hydrogens is 396 g/mol. The van der Waals surface area contributed by atoms with Crippen molar-refractivity contribution in [3.8, 4) is 0 Å². The minimum Gasteiger partial charge on any atom is -0.383 e. The minimum atomic E-state index is -0.0895. The standard InChI is InChI=1S/C23H34N4O2S/c1-7-12-27(5)20-15-19(23(2,3)4)25-22(26-20)30-16-17-9-8-10-18(14-17)21(28)24-11-13-29-6/h8-10,14-15H,7,11-13,16H2,1-6H3,(H,24,28). The van der Waals surface area contributed by atoms with Gasteiger partial charge in [-0.2, -0.15) is 0 Å². The molecule has 0 saturated carbocycles. The molecule has 1 amide bonds. The van der Waals surface area contributed by atoms with Crippen LogP contribution in [0.25, 0.3) is 0 Å². The van der Waals surface area contributed by atoms with Crippen LogP contribution in [0.3, 0.4) is 0 Å². The number of thioether (sulfide) groups is 1. The number of benzene rings is 1. The van der Waals surface area contributed by atoms with Crippen LogP contribution in [-0.4, -0.2) is 49.7 Å². The van der Waals surface area contributed by atoms with Gasteiger partial charge in [-0.25, -0.2) is 9.97 Å². The molecule has 0 fully saturated rings. The first-order chi connectivity index (χ1) is 14.2. The zero-order chi connectivity index (χ0) is 22.1. The third kappa shape index (κ3) is 7.29. The third-order valence-corrected chi connectivity index (χ3v) is 5.48. The zero-order valence-corrected chi connectivity index (χ0v) is 19.8. The van der Waals surface area contributed by atoms with Gasteiger partial charge in [0.05, 0.1) is 12.3 Å². The Morgan fingerprint density at radius 1 is 1.23 bits per heavy atom. The second kappa shape index (κ2) is 11.3. The van der Waals surface area contributed by atoms with Crippen molar-refractivity contribution in [3.63, 3.8) is 0 Å². The van der Waals surface area contributed by atoms with E-state index in [-0.39, 0.29) is 11.3 Å². The van der Waals surface area contributed by atoms with Crippen molar-refractivity contribution >= 4 is 23.5 Å². The molecule has 0 bridgehead atoms. The topological polar surface area (TPSA) is 67.4 Å². The number of ether oxygens (including phenoxy) is 1. The van der Waals surface area contributed by atoms with E-state index in [0.29, 0.717) is 24.5 Å². The van der Waals surface area contributed by atoms with Gasteiger partial charge in [0.1, 0.15) is 5.82 Å². The average molecular weight is 431 g/mol. The first-order valence-electron chi connectivity index (χ1n) is 10.3. The number of carbonyl (C=O) groups excluding carboxylic acids is 1. The van der Waals surface area contributed by atoms with Crippen molar-refractivity contribution in [1.82, 2.24) is 15.3 Å². The van der Waals surface area contributed by atoms with Gasteiger partial charge < -0.3 is 15.0 Å². The molecule has 0 unspecified atom stereocenters. The van der Waals surface area contributed by atoms with Crippen LogP contribution in [0.5, 0.6) is 0 Å². The molecule has 164 valence electrons. The fraction of sp³-hybridized carbons (Fsp3) is 0.522. The SMILES string of the molecule is CCCN(C)c1cc(C(C)(C)C)nc(SCc2cccc(C(=O)NCCOC)c2)n1. The molecule has 2 rings (SSSR count). The van der Waals surface area contributed by atoms with Crippen molar-refractivity contribution in [3.05, 3.63) is 47.2 Å². The number of rotatable bonds is 10. The van der Waals surface area contributed by atoms with Gasteiger partial charge in [-0.3, -0.25) is 4.79 Å². The van der Waals surface area contributed by atoms with E-state index in [0.717, 1.165) is 35.2 Å². The van der Waals surface area contributed by atoms with Gasteiger partial charge >= 0.3 is 0 Å². The maximum atomic E-state index is 12.3. The molecule has 0 aliphatic heterocycles. The lowest BCUT2D eigenvalue weighted by Gasteiger charge is -2.23. The fourth-order valence-corrected chi connectivity index (χ4v) is 3.62. The Morgan fingerprint density at radius 3 is 2.67 bits per heavy atom.